The van der Waals surface area contributed by atoms with Crippen LogP contribution in [-0.2, 0) is 13.2 Å². The van der Waals surface area contributed by atoms with Crippen LogP contribution in [0.5, 0.6) is 0 Å². The second-order valence-corrected chi connectivity index (χ2v) is 4.24. The van der Waals surface area contributed by atoms with Gasteiger partial charge in [0.25, 0.3) is 0 Å². The van der Waals surface area contributed by atoms with Gasteiger partial charge in [-0.3, -0.25) is 4.98 Å². The number of aromatic nitrogens is 3. The van der Waals surface area contributed by atoms with Gasteiger partial charge in [-0.2, -0.15) is 5.26 Å². The molecule has 20 heavy (non-hydrogen) atoms. The van der Waals surface area contributed by atoms with Crippen molar-refractivity contribution in [2.24, 2.45) is 0 Å². The van der Waals surface area contributed by atoms with Gasteiger partial charge in [-0.25, -0.2) is 9.97 Å². The average Bonchev–Trinajstić information content (AvgIpc) is 2.52. The molecule has 0 unspecified atom stereocenters. The first-order valence-corrected chi connectivity index (χ1v) is 6.26. The Kier molecular flexibility index (Phi) is 4.98. The van der Waals surface area contributed by atoms with Gasteiger partial charge >= 0.3 is 0 Å². The Bertz CT molecular complexity index is 564. The van der Waals surface area contributed by atoms with E-state index in [0.717, 1.165) is 5.56 Å². The summed E-state index contributed by atoms with van der Waals surface area (Å²) < 4.78 is 0. The van der Waals surface area contributed by atoms with Crippen LogP contribution in [-0.4, -0.2) is 26.6 Å². The van der Waals surface area contributed by atoms with E-state index in [1.165, 1.54) is 0 Å². The fraction of sp³-hybridized carbons (Fsp3) is 0.286. The van der Waals surface area contributed by atoms with E-state index in [-0.39, 0.29) is 6.61 Å². The maximum absolute atomic E-state index is 9.00. The number of rotatable bonds is 6. The summed E-state index contributed by atoms with van der Waals surface area (Å²) in [5, 5.41) is 17.7. The molecule has 2 aromatic rings. The highest BCUT2D eigenvalue weighted by Crippen LogP contribution is 2.12. The zero-order chi connectivity index (χ0) is 14.2. The molecule has 0 aliphatic heterocycles. The van der Waals surface area contributed by atoms with Gasteiger partial charge in [-0.15, -0.1) is 0 Å². The van der Waals surface area contributed by atoms with Crippen LogP contribution in [0.2, 0.25) is 0 Å². The first-order chi connectivity index (χ1) is 9.83. The van der Waals surface area contributed by atoms with Crippen LogP contribution >= 0.6 is 0 Å². The van der Waals surface area contributed by atoms with Crippen LogP contribution in [0, 0.1) is 11.3 Å². The molecule has 6 heteroatoms. The Labute approximate surface area is 117 Å². The van der Waals surface area contributed by atoms with Gasteiger partial charge < -0.3 is 10.0 Å². The second kappa shape index (κ2) is 7.16. The van der Waals surface area contributed by atoms with Gasteiger partial charge in [0.15, 0.2) is 0 Å². The summed E-state index contributed by atoms with van der Waals surface area (Å²) in [6, 6.07) is 5.96. The summed E-state index contributed by atoms with van der Waals surface area (Å²) in [6.07, 6.45) is 7.07. The molecule has 102 valence electrons. The average molecular weight is 269 g/mol. The predicted octanol–water partition coefficient (Wildman–Crippen LogP) is 1.28. The lowest BCUT2D eigenvalue weighted by Gasteiger charge is -2.21. The standard InChI is InChI=1S/C14H15N5O/c15-4-2-6-19(10-12-3-1-5-16-7-12)14-17-8-13(11-20)9-18-14/h1,3,5,7-9,20H,2,6,10-11H2. The summed E-state index contributed by atoms with van der Waals surface area (Å²) in [5.41, 5.74) is 1.69. The molecule has 0 saturated heterocycles. The maximum atomic E-state index is 9.00. The molecule has 0 aliphatic rings. The lowest BCUT2D eigenvalue weighted by Crippen LogP contribution is -2.25. The third-order valence-electron chi connectivity index (χ3n) is 2.75. The highest BCUT2D eigenvalue weighted by atomic mass is 16.3. The van der Waals surface area contributed by atoms with Crippen molar-refractivity contribution < 1.29 is 5.11 Å². The molecule has 0 spiro atoms. The molecule has 0 radical (unpaired) electrons. The third kappa shape index (κ3) is 3.73. The molecule has 0 amide bonds. The topological polar surface area (TPSA) is 85.9 Å². The van der Waals surface area contributed by atoms with E-state index >= 15 is 0 Å². The Hall–Kier alpha value is -2.52. The summed E-state index contributed by atoms with van der Waals surface area (Å²) in [5.74, 6) is 0.543. The van der Waals surface area contributed by atoms with E-state index < -0.39 is 0 Å². The van der Waals surface area contributed by atoms with Gasteiger partial charge in [-0.1, -0.05) is 6.07 Å². The van der Waals surface area contributed by atoms with Crippen LogP contribution in [0.1, 0.15) is 17.5 Å². The zero-order valence-corrected chi connectivity index (χ0v) is 11.0. The summed E-state index contributed by atoms with van der Waals surface area (Å²) in [6.45, 7) is 1.05. The molecule has 1 N–H and O–H groups in total. The zero-order valence-electron chi connectivity index (χ0n) is 11.0. The summed E-state index contributed by atoms with van der Waals surface area (Å²) >= 11 is 0. The van der Waals surface area contributed by atoms with Crippen LogP contribution in [0.15, 0.2) is 36.9 Å². The molecule has 2 rings (SSSR count). The highest BCUT2D eigenvalue weighted by molar-refractivity contribution is 5.32. The predicted molar refractivity (Wildman–Crippen MR) is 73.5 cm³/mol. The molecule has 0 bridgehead atoms. The minimum absolute atomic E-state index is 0.0823. The highest BCUT2D eigenvalue weighted by Gasteiger charge is 2.10. The largest absolute Gasteiger partial charge is 0.392 e. The minimum Gasteiger partial charge on any atom is -0.392 e. The number of nitriles is 1. The molecule has 0 fully saturated rings. The molecule has 0 aliphatic carbocycles. The van der Waals surface area contributed by atoms with E-state index in [1.54, 1.807) is 24.8 Å². The third-order valence-corrected chi connectivity index (χ3v) is 2.75. The van der Waals surface area contributed by atoms with Crippen LogP contribution < -0.4 is 4.90 Å². The Balaban J connectivity index is 2.15. The van der Waals surface area contributed by atoms with Crippen LogP contribution in [0.4, 0.5) is 5.95 Å². The van der Waals surface area contributed by atoms with Crippen molar-refractivity contribution in [3.8, 4) is 6.07 Å². The van der Waals surface area contributed by atoms with Crippen molar-refractivity contribution in [2.45, 2.75) is 19.6 Å². The van der Waals surface area contributed by atoms with E-state index in [1.807, 2.05) is 17.0 Å². The number of anilines is 1. The van der Waals surface area contributed by atoms with Crippen molar-refractivity contribution in [2.75, 3.05) is 11.4 Å². The molecular weight excluding hydrogens is 254 g/mol. The number of pyridine rings is 1. The summed E-state index contributed by atoms with van der Waals surface area (Å²) in [4.78, 5) is 14.4. The molecule has 0 saturated carbocycles. The molecule has 2 heterocycles. The quantitative estimate of drug-likeness (QED) is 0.850. The van der Waals surface area contributed by atoms with Crippen molar-refractivity contribution in [1.29, 1.82) is 5.26 Å². The lowest BCUT2D eigenvalue weighted by molar-refractivity contribution is 0.281. The Morgan fingerprint density at radius 1 is 1.20 bits per heavy atom. The number of nitrogens with zero attached hydrogens (tertiary/aromatic N) is 5. The summed E-state index contributed by atoms with van der Waals surface area (Å²) in [7, 11) is 0. The Morgan fingerprint density at radius 2 is 2.00 bits per heavy atom. The van der Waals surface area contributed by atoms with E-state index in [2.05, 4.69) is 21.0 Å². The van der Waals surface area contributed by atoms with Gasteiger partial charge in [0, 0.05) is 43.4 Å². The van der Waals surface area contributed by atoms with Gasteiger partial charge in [0.1, 0.15) is 0 Å². The van der Waals surface area contributed by atoms with Gasteiger partial charge in [-0.05, 0) is 11.6 Å². The Morgan fingerprint density at radius 3 is 2.60 bits per heavy atom. The van der Waals surface area contributed by atoms with Crippen LogP contribution in [0.3, 0.4) is 0 Å². The van der Waals surface area contributed by atoms with Crippen molar-refractivity contribution >= 4 is 5.95 Å². The number of hydrogen-bond acceptors (Lipinski definition) is 6. The van der Waals surface area contributed by atoms with Crippen LogP contribution in [0.25, 0.3) is 0 Å². The molecular formula is C14H15N5O. The van der Waals surface area contributed by atoms with Crippen molar-refractivity contribution in [3.05, 3.63) is 48.0 Å². The monoisotopic (exact) mass is 269 g/mol. The molecule has 2 aromatic heterocycles. The van der Waals surface area contributed by atoms with Crippen molar-refractivity contribution in [3.63, 3.8) is 0 Å². The van der Waals surface area contributed by atoms with E-state index in [4.69, 9.17) is 10.4 Å². The molecule has 6 nitrogen and oxygen atoms in total. The van der Waals surface area contributed by atoms with Gasteiger partial charge in [0.05, 0.1) is 19.1 Å². The minimum atomic E-state index is -0.0823. The number of hydrogen-bond donors (Lipinski definition) is 1. The lowest BCUT2D eigenvalue weighted by atomic mass is 10.2. The molecule has 0 atom stereocenters. The SMILES string of the molecule is N#CCCN(Cc1cccnc1)c1ncc(CO)cn1. The number of aliphatic hydroxyl groups excluding tert-OH is 1. The maximum Gasteiger partial charge on any atom is 0.225 e. The first kappa shape index (κ1) is 13.9. The fourth-order valence-electron chi connectivity index (χ4n) is 1.74. The fourth-order valence-corrected chi connectivity index (χ4v) is 1.74. The smallest absolute Gasteiger partial charge is 0.225 e. The van der Waals surface area contributed by atoms with E-state index in [0.29, 0.717) is 31.0 Å². The first-order valence-electron chi connectivity index (χ1n) is 6.26. The van der Waals surface area contributed by atoms with Gasteiger partial charge in [0.2, 0.25) is 5.95 Å². The number of aliphatic hydroxyl groups is 1. The van der Waals surface area contributed by atoms with E-state index in [9.17, 15) is 0 Å². The second-order valence-electron chi connectivity index (χ2n) is 4.24. The molecule has 0 aromatic carbocycles. The van der Waals surface area contributed by atoms with Crippen molar-refractivity contribution in [1.82, 2.24) is 15.0 Å². The normalized spacial score (nSPS) is 10.0.